The summed E-state index contributed by atoms with van der Waals surface area (Å²) in [5.41, 5.74) is 11.0. The van der Waals surface area contributed by atoms with E-state index in [2.05, 4.69) is 0 Å². The summed E-state index contributed by atoms with van der Waals surface area (Å²) in [6.07, 6.45) is 5.13. The van der Waals surface area contributed by atoms with Crippen LogP contribution in [0.1, 0.15) is 52.9 Å². The minimum absolute atomic E-state index is 0.178. The molecule has 128 valence electrons. The van der Waals surface area contributed by atoms with E-state index in [4.69, 9.17) is 31.9 Å². The Kier molecular flexibility index (Phi) is 50.9. The molecule has 0 heterocycles. The van der Waals surface area contributed by atoms with Crippen molar-refractivity contribution in [1.29, 1.82) is 0 Å². The molecule has 0 bridgehead atoms. The van der Waals surface area contributed by atoms with Crippen molar-refractivity contribution in [1.82, 2.24) is 0 Å². The third kappa shape index (κ3) is 65.0. The van der Waals surface area contributed by atoms with E-state index in [1.807, 2.05) is 0 Å². The second-order valence-corrected chi connectivity index (χ2v) is 3.86. The molecule has 0 aromatic carbocycles. The topological polar surface area (TPSA) is 133 Å². The van der Waals surface area contributed by atoms with Crippen LogP contribution in [-0.4, -0.2) is 59.4 Å². The highest BCUT2D eigenvalue weighted by Gasteiger charge is 1.99. The third-order valence-electron chi connectivity index (χ3n) is 1.78. The minimum atomic E-state index is 0.178. The standard InChI is InChI=1S/C8H20N2O.3C2H6O/c9-6-3-1-2-4-8(10)5-7-11;3*1-2-3/h8,11H,1-7,9-10H2;3*3H,2H2,1H3. The van der Waals surface area contributed by atoms with Crippen LogP contribution in [0.5, 0.6) is 0 Å². The molecule has 1 atom stereocenters. The predicted octanol–water partition coefficient (Wildman–Crippen LogP) is 0.211. The summed E-state index contributed by atoms with van der Waals surface area (Å²) >= 11 is 0. The van der Waals surface area contributed by atoms with Crippen molar-refractivity contribution >= 4 is 0 Å². The smallest absolute Gasteiger partial charge is 0.0445 e. The van der Waals surface area contributed by atoms with E-state index in [0.717, 1.165) is 38.6 Å². The lowest BCUT2D eigenvalue weighted by atomic mass is 10.1. The second kappa shape index (κ2) is 36.3. The van der Waals surface area contributed by atoms with Gasteiger partial charge in [-0.2, -0.15) is 0 Å². The van der Waals surface area contributed by atoms with E-state index >= 15 is 0 Å². The number of rotatable bonds is 7. The number of unbranched alkanes of at least 4 members (excludes halogenated alkanes) is 2. The molecule has 8 N–H and O–H groups in total. The molecular weight excluding hydrogens is 260 g/mol. The zero-order chi connectivity index (χ0) is 16.6. The van der Waals surface area contributed by atoms with E-state index in [1.54, 1.807) is 20.8 Å². The average Bonchev–Trinajstić information content (AvgIpc) is 2.38. The Morgan fingerprint density at radius 3 is 1.45 bits per heavy atom. The molecule has 0 radical (unpaired) electrons. The van der Waals surface area contributed by atoms with Crippen molar-refractivity contribution in [3.05, 3.63) is 0 Å². The highest BCUT2D eigenvalue weighted by atomic mass is 16.3. The lowest BCUT2D eigenvalue weighted by molar-refractivity contribution is 0.272. The quantitative estimate of drug-likeness (QED) is 0.372. The van der Waals surface area contributed by atoms with Crippen molar-refractivity contribution in [2.75, 3.05) is 33.0 Å². The van der Waals surface area contributed by atoms with Crippen molar-refractivity contribution in [2.24, 2.45) is 11.5 Å². The summed E-state index contributed by atoms with van der Waals surface area (Å²) in [4.78, 5) is 0. The van der Waals surface area contributed by atoms with Gasteiger partial charge in [-0.05, 0) is 46.6 Å². The van der Waals surface area contributed by atoms with E-state index in [-0.39, 0.29) is 32.5 Å². The summed E-state index contributed by atoms with van der Waals surface area (Å²) in [6, 6.07) is 0.178. The van der Waals surface area contributed by atoms with Crippen LogP contribution in [0, 0.1) is 0 Å². The van der Waals surface area contributed by atoms with Gasteiger partial charge < -0.3 is 31.9 Å². The maximum Gasteiger partial charge on any atom is 0.0445 e. The summed E-state index contributed by atoms with van der Waals surface area (Å²) < 4.78 is 0. The summed E-state index contributed by atoms with van der Waals surface area (Å²) in [7, 11) is 0. The maximum absolute atomic E-state index is 8.54. The molecular formula is C14H38N2O4. The molecule has 0 spiro atoms. The first-order valence-corrected chi connectivity index (χ1v) is 7.44. The Balaban J connectivity index is -0.000000117. The van der Waals surface area contributed by atoms with Gasteiger partial charge in [0.1, 0.15) is 0 Å². The molecule has 0 aliphatic rings. The first kappa shape index (κ1) is 28.0. The van der Waals surface area contributed by atoms with Gasteiger partial charge in [-0.15, -0.1) is 0 Å². The highest BCUT2D eigenvalue weighted by molar-refractivity contribution is 4.60. The second-order valence-electron chi connectivity index (χ2n) is 3.86. The Morgan fingerprint density at radius 1 is 0.750 bits per heavy atom. The molecule has 6 nitrogen and oxygen atoms in total. The fraction of sp³-hybridized carbons (Fsp3) is 1.00. The molecule has 1 unspecified atom stereocenters. The fourth-order valence-corrected chi connectivity index (χ4v) is 1.04. The number of hydrogen-bond donors (Lipinski definition) is 6. The summed E-state index contributed by atoms with van der Waals surface area (Å²) in [6.45, 7) is 6.77. The number of nitrogens with two attached hydrogens (primary N) is 2. The number of aliphatic hydroxyl groups is 4. The summed E-state index contributed by atoms with van der Waals surface area (Å²) in [5.74, 6) is 0. The first-order chi connectivity index (χ1) is 9.55. The largest absolute Gasteiger partial charge is 0.397 e. The normalized spacial score (nSPS) is 10.1. The predicted molar refractivity (Wildman–Crippen MR) is 85.5 cm³/mol. The first-order valence-electron chi connectivity index (χ1n) is 7.44. The van der Waals surface area contributed by atoms with Crippen LogP contribution < -0.4 is 11.5 Å². The molecule has 0 saturated carbocycles. The van der Waals surface area contributed by atoms with Crippen molar-refractivity contribution in [3.8, 4) is 0 Å². The van der Waals surface area contributed by atoms with Crippen molar-refractivity contribution in [2.45, 2.75) is 58.9 Å². The van der Waals surface area contributed by atoms with Crippen LogP contribution in [-0.2, 0) is 0 Å². The highest BCUT2D eigenvalue weighted by Crippen LogP contribution is 2.03. The Morgan fingerprint density at radius 2 is 1.15 bits per heavy atom. The minimum Gasteiger partial charge on any atom is -0.397 e. The van der Waals surface area contributed by atoms with E-state index in [0.29, 0.717) is 0 Å². The molecule has 0 aliphatic heterocycles. The van der Waals surface area contributed by atoms with Gasteiger partial charge in [0.25, 0.3) is 0 Å². The molecule has 6 heteroatoms. The molecule has 0 fully saturated rings. The Labute approximate surface area is 124 Å². The molecule has 0 aliphatic carbocycles. The zero-order valence-corrected chi connectivity index (χ0v) is 13.6. The van der Waals surface area contributed by atoms with Crippen LogP contribution in [0.3, 0.4) is 0 Å². The van der Waals surface area contributed by atoms with Gasteiger partial charge in [-0.3, -0.25) is 0 Å². The van der Waals surface area contributed by atoms with Gasteiger partial charge >= 0.3 is 0 Å². The lowest BCUT2D eigenvalue weighted by Gasteiger charge is -2.08. The van der Waals surface area contributed by atoms with Crippen molar-refractivity contribution < 1.29 is 20.4 Å². The van der Waals surface area contributed by atoms with Gasteiger partial charge in [-0.1, -0.05) is 12.8 Å². The maximum atomic E-state index is 8.54. The Hall–Kier alpha value is -0.240. The van der Waals surface area contributed by atoms with Crippen LogP contribution in [0.15, 0.2) is 0 Å². The third-order valence-corrected chi connectivity index (χ3v) is 1.78. The van der Waals surface area contributed by atoms with Gasteiger partial charge in [-0.25, -0.2) is 0 Å². The van der Waals surface area contributed by atoms with Crippen LogP contribution in [0.4, 0.5) is 0 Å². The van der Waals surface area contributed by atoms with E-state index < -0.39 is 0 Å². The molecule has 20 heavy (non-hydrogen) atoms. The van der Waals surface area contributed by atoms with Gasteiger partial charge in [0, 0.05) is 32.5 Å². The summed E-state index contributed by atoms with van der Waals surface area (Å²) in [5, 5.41) is 31.2. The van der Waals surface area contributed by atoms with Crippen molar-refractivity contribution in [3.63, 3.8) is 0 Å². The number of aliphatic hydroxyl groups excluding tert-OH is 4. The van der Waals surface area contributed by atoms with Gasteiger partial charge in [0.05, 0.1) is 0 Å². The van der Waals surface area contributed by atoms with Crippen LogP contribution in [0.2, 0.25) is 0 Å². The molecule has 0 rings (SSSR count). The van der Waals surface area contributed by atoms with Crippen LogP contribution >= 0.6 is 0 Å². The van der Waals surface area contributed by atoms with E-state index in [9.17, 15) is 0 Å². The molecule has 0 aromatic heterocycles. The van der Waals surface area contributed by atoms with E-state index in [1.165, 1.54) is 0 Å². The number of hydrogen-bond acceptors (Lipinski definition) is 6. The molecule has 0 aromatic rings. The van der Waals surface area contributed by atoms with Gasteiger partial charge in [0.15, 0.2) is 0 Å². The lowest BCUT2D eigenvalue weighted by Crippen LogP contribution is -2.21. The monoisotopic (exact) mass is 298 g/mol. The molecule has 0 amide bonds. The Bertz CT molecular complexity index is 115. The zero-order valence-electron chi connectivity index (χ0n) is 13.6. The molecule has 0 saturated heterocycles. The van der Waals surface area contributed by atoms with Gasteiger partial charge in [0.2, 0.25) is 0 Å². The fourth-order valence-electron chi connectivity index (χ4n) is 1.04. The van der Waals surface area contributed by atoms with Crippen LogP contribution in [0.25, 0.3) is 0 Å². The SMILES string of the molecule is CCO.CCO.CCO.NCCCCCC(N)CCO. The average molecular weight is 298 g/mol.